The van der Waals surface area contributed by atoms with E-state index in [-0.39, 0.29) is 33.1 Å². The van der Waals surface area contributed by atoms with Gasteiger partial charge >= 0.3 is 16.5 Å². The fraction of sp³-hybridized carbons (Fsp3) is 0.333. The van der Waals surface area contributed by atoms with Crippen LogP contribution in [0.25, 0.3) is 38.2 Å². The zero-order chi connectivity index (χ0) is 43.2. The number of hydrogen-bond acceptors (Lipinski definition) is 4. The van der Waals surface area contributed by atoms with E-state index in [9.17, 15) is 5.11 Å². The number of para-hydroxylation sites is 1. The standard InChI is InChI=1S/C26H26NO.C18H24N2.C6H6.C4H10O.Ni/c1-16(2)18-14-9-15-19(17(3)4)24(18)27-25-22-12-7-5-10-20(22)21-11-6-8-13-23(21)26(25)28;1-17(2,3)13-7-9-19-15(11-13)16-12-14(8-10-20-16)18(4,5)6;1-2-4-6-5-3-1;1-3-5-4-2;/h5-17,28H,1-4H3;7-12H,1-6H3;1-6H;3-4H2,1-2H3;/q-1;;;;+2/p-1. The predicted octanol–water partition coefficient (Wildman–Crippen LogP) is 15.1. The molecule has 0 fully saturated rings. The van der Waals surface area contributed by atoms with Gasteiger partial charge in [-0.05, 0) is 93.5 Å². The van der Waals surface area contributed by atoms with Crippen LogP contribution in [0.2, 0.25) is 0 Å². The van der Waals surface area contributed by atoms with Gasteiger partial charge in [0.25, 0.3) is 0 Å². The Balaban J connectivity index is 0.000000260. The van der Waals surface area contributed by atoms with Gasteiger partial charge < -0.3 is 15.2 Å². The van der Waals surface area contributed by atoms with Crippen molar-refractivity contribution < 1.29 is 26.3 Å². The van der Waals surface area contributed by atoms with Gasteiger partial charge in [-0.3, -0.25) is 9.97 Å². The second-order valence-electron chi connectivity index (χ2n) is 17.3. The molecule has 5 nitrogen and oxygen atoms in total. The van der Waals surface area contributed by atoms with Crippen LogP contribution in [0.15, 0.2) is 140 Å². The Morgan fingerprint density at radius 2 is 0.900 bits per heavy atom. The number of aromatic nitrogens is 2. The molecular formula is C54H65N3NiO2. The van der Waals surface area contributed by atoms with Crippen LogP contribution in [0.3, 0.4) is 0 Å². The van der Waals surface area contributed by atoms with E-state index in [1.165, 1.54) is 22.3 Å². The molecule has 0 saturated heterocycles. The average molecular weight is 847 g/mol. The summed E-state index contributed by atoms with van der Waals surface area (Å²) >= 11 is 0. The maximum absolute atomic E-state index is 13.4. The first kappa shape index (κ1) is 49.3. The summed E-state index contributed by atoms with van der Waals surface area (Å²) in [6.45, 7) is 27.6. The van der Waals surface area contributed by atoms with E-state index in [0.29, 0.717) is 17.5 Å². The van der Waals surface area contributed by atoms with Gasteiger partial charge in [0.1, 0.15) is 0 Å². The van der Waals surface area contributed by atoms with Crippen molar-refractivity contribution in [3.05, 3.63) is 167 Å². The molecule has 0 atom stereocenters. The third-order valence-electron chi connectivity index (χ3n) is 10.0. The van der Waals surface area contributed by atoms with Gasteiger partial charge in [-0.1, -0.05) is 183 Å². The van der Waals surface area contributed by atoms with Gasteiger partial charge in [-0.2, -0.15) is 0 Å². The second-order valence-corrected chi connectivity index (χ2v) is 17.3. The van der Waals surface area contributed by atoms with Crippen molar-refractivity contribution >= 4 is 32.9 Å². The Kier molecular flexibility index (Phi) is 19.0. The number of pyridine rings is 2. The minimum absolute atomic E-state index is 0. The minimum Gasteiger partial charge on any atom is -0.873 e. The van der Waals surface area contributed by atoms with Crippen molar-refractivity contribution in [3.63, 3.8) is 0 Å². The van der Waals surface area contributed by atoms with Crippen molar-refractivity contribution in [2.75, 3.05) is 13.2 Å². The first-order valence-electron chi connectivity index (χ1n) is 21.0. The summed E-state index contributed by atoms with van der Waals surface area (Å²) in [5.74, 6) is 0.668. The molecule has 0 amide bonds. The summed E-state index contributed by atoms with van der Waals surface area (Å²) in [4.78, 5) is 8.97. The summed E-state index contributed by atoms with van der Waals surface area (Å²) < 4.78 is 4.83. The molecule has 6 heteroatoms. The van der Waals surface area contributed by atoms with Gasteiger partial charge in [0.2, 0.25) is 0 Å². The molecule has 0 aliphatic heterocycles. The average Bonchev–Trinajstić information content (AvgIpc) is 3.23. The van der Waals surface area contributed by atoms with Crippen LogP contribution in [-0.2, 0) is 32.1 Å². The number of benzene rings is 5. The van der Waals surface area contributed by atoms with Crippen molar-refractivity contribution in [1.82, 2.24) is 9.97 Å². The van der Waals surface area contributed by atoms with Crippen molar-refractivity contribution in [2.45, 2.75) is 106 Å². The largest absolute Gasteiger partial charge is 2.00 e. The number of fused-ring (bicyclic) bond motifs is 3. The molecule has 0 saturated carbocycles. The number of rotatable bonds is 7. The fourth-order valence-corrected chi connectivity index (χ4v) is 6.62. The van der Waals surface area contributed by atoms with E-state index in [4.69, 9.17) is 10.1 Å². The number of nitrogens with zero attached hydrogens (tertiary/aromatic N) is 3. The molecule has 5 aromatic carbocycles. The van der Waals surface area contributed by atoms with Crippen LogP contribution in [0.4, 0.5) is 11.4 Å². The molecule has 0 N–H and O–H groups in total. The van der Waals surface area contributed by atoms with E-state index in [0.717, 1.165) is 51.8 Å². The molecule has 60 heavy (non-hydrogen) atoms. The Bertz CT molecular complexity index is 2250. The minimum atomic E-state index is 0. The van der Waals surface area contributed by atoms with E-state index >= 15 is 0 Å². The molecule has 318 valence electrons. The quantitative estimate of drug-likeness (QED) is 0.118. The van der Waals surface area contributed by atoms with E-state index < -0.39 is 0 Å². The van der Waals surface area contributed by atoms with Crippen LogP contribution in [0.1, 0.15) is 117 Å². The van der Waals surface area contributed by atoms with Crippen molar-refractivity contribution in [2.24, 2.45) is 0 Å². The number of hydrogen-bond donors (Lipinski definition) is 0. The molecule has 0 bridgehead atoms. The summed E-state index contributed by atoms with van der Waals surface area (Å²) in [7, 11) is 0. The van der Waals surface area contributed by atoms with Gasteiger partial charge in [-0.25, -0.2) is 0 Å². The molecule has 0 unspecified atom stereocenters. The number of ether oxygens (including phenoxy) is 1. The molecular weight excluding hydrogens is 781 g/mol. The maximum atomic E-state index is 13.4. The third kappa shape index (κ3) is 13.5. The summed E-state index contributed by atoms with van der Waals surface area (Å²) in [6, 6.07) is 42.7. The fourth-order valence-electron chi connectivity index (χ4n) is 6.62. The Labute approximate surface area is 371 Å². The van der Waals surface area contributed by atoms with Gasteiger partial charge in [0.05, 0.1) is 11.4 Å². The van der Waals surface area contributed by atoms with Gasteiger partial charge in [-0.15, -0.1) is 17.1 Å². The van der Waals surface area contributed by atoms with Crippen molar-refractivity contribution in [3.8, 4) is 17.1 Å². The second kappa shape index (κ2) is 23.1. The molecule has 7 aromatic rings. The molecule has 0 aliphatic rings. The Hall–Kier alpha value is -5.03. The van der Waals surface area contributed by atoms with Gasteiger partial charge in [0, 0.05) is 25.6 Å². The van der Waals surface area contributed by atoms with Crippen LogP contribution in [0.5, 0.6) is 5.75 Å². The summed E-state index contributed by atoms with van der Waals surface area (Å²) in [6.07, 6.45) is 3.75. The monoisotopic (exact) mass is 845 g/mol. The third-order valence-corrected chi connectivity index (χ3v) is 10.0. The maximum Gasteiger partial charge on any atom is 2.00 e. The van der Waals surface area contributed by atoms with E-state index in [1.807, 2.05) is 105 Å². The molecule has 2 aromatic heterocycles. The Morgan fingerprint density at radius 1 is 0.517 bits per heavy atom. The zero-order valence-corrected chi connectivity index (χ0v) is 38.8. The summed E-state index contributed by atoms with van der Waals surface area (Å²) in [5.41, 5.74) is 8.57. The van der Waals surface area contributed by atoms with E-state index in [2.05, 4.69) is 128 Å². The summed E-state index contributed by atoms with van der Waals surface area (Å²) in [5, 5.41) is 22.2. The van der Waals surface area contributed by atoms with Crippen LogP contribution in [0, 0.1) is 0 Å². The molecule has 0 aliphatic carbocycles. The first-order valence-corrected chi connectivity index (χ1v) is 21.0. The molecule has 2 heterocycles. The first-order chi connectivity index (χ1) is 28.1. The zero-order valence-electron chi connectivity index (χ0n) is 37.8. The smallest absolute Gasteiger partial charge is 0.873 e. The molecule has 7 rings (SSSR count). The van der Waals surface area contributed by atoms with Crippen LogP contribution < -0.4 is 5.11 Å². The molecule has 0 spiro atoms. The molecule has 0 radical (unpaired) electrons. The Morgan fingerprint density at radius 3 is 1.27 bits per heavy atom. The normalized spacial score (nSPS) is 11.1. The SMILES string of the molecule is CC(C)(C)c1ccnc(-c2cc(C(C)(C)C)ccn2)c1.CC(C)c1cccc(C(C)C)c1[N-]c1c([O-])c2ccccc2c2ccccc12.CCOCC.[Ni+2].c1ccccc1. The van der Waals surface area contributed by atoms with Crippen molar-refractivity contribution in [1.29, 1.82) is 0 Å². The topological polar surface area (TPSA) is 72.2 Å². The van der Waals surface area contributed by atoms with Gasteiger partial charge in [0.15, 0.2) is 0 Å². The predicted molar refractivity (Wildman–Crippen MR) is 252 cm³/mol. The van der Waals surface area contributed by atoms with Crippen LogP contribution in [-0.4, -0.2) is 23.2 Å². The van der Waals surface area contributed by atoms with E-state index in [1.54, 1.807) is 0 Å². The van der Waals surface area contributed by atoms with Crippen LogP contribution >= 0.6 is 0 Å².